The molecule has 160 valence electrons. The number of hydrogen-bond acceptors (Lipinski definition) is 3. The van der Waals surface area contributed by atoms with Gasteiger partial charge in [0.05, 0.1) is 13.1 Å². The van der Waals surface area contributed by atoms with Gasteiger partial charge >= 0.3 is 5.69 Å². The molecule has 3 aromatic rings. The molecular weight excluding hydrogens is 378 g/mol. The molecule has 1 saturated heterocycles. The highest BCUT2D eigenvalue weighted by Crippen LogP contribution is 2.14. The molecule has 2 aromatic heterocycles. The van der Waals surface area contributed by atoms with Crippen LogP contribution in [0.3, 0.4) is 0 Å². The van der Waals surface area contributed by atoms with Gasteiger partial charge in [-0.05, 0) is 31.2 Å². The predicted molar refractivity (Wildman–Crippen MR) is 118 cm³/mol. The van der Waals surface area contributed by atoms with E-state index in [0.717, 1.165) is 44.8 Å². The van der Waals surface area contributed by atoms with Crippen LogP contribution in [0.1, 0.15) is 37.6 Å². The highest BCUT2D eigenvalue weighted by molar-refractivity contribution is 5.71. The largest absolute Gasteiger partial charge is 0.332 e. The molecule has 0 amide bonds. The van der Waals surface area contributed by atoms with Gasteiger partial charge in [0.2, 0.25) is 0 Å². The van der Waals surface area contributed by atoms with Gasteiger partial charge in [0.1, 0.15) is 6.54 Å². The molecule has 1 aromatic carbocycles. The third-order valence-electron chi connectivity index (χ3n) is 6.39. The SMILES string of the molecule is C[C@H]1CCC[NH+](Cc2nc3c(c(=O)n(C)c(=O)n3C)n2CCCc2ccccc2)C1. The number of benzene rings is 1. The molecule has 0 spiro atoms. The average molecular weight is 411 g/mol. The minimum Gasteiger partial charge on any atom is -0.328 e. The first kappa shape index (κ1) is 20.6. The zero-order valence-electron chi connectivity index (χ0n) is 18.2. The number of imidazole rings is 1. The summed E-state index contributed by atoms with van der Waals surface area (Å²) in [6.07, 6.45) is 4.37. The summed E-state index contributed by atoms with van der Waals surface area (Å²) in [5.41, 5.74) is 1.76. The van der Waals surface area contributed by atoms with Gasteiger partial charge in [0.15, 0.2) is 17.0 Å². The van der Waals surface area contributed by atoms with Crippen molar-refractivity contribution in [2.75, 3.05) is 13.1 Å². The number of aromatic nitrogens is 4. The summed E-state index contributed by atoms with van der Waals surface area (Å²) in [5, 5.41) is 0. The van der Waals surface area contributed by atoms with E-state index in [0.29, 0.717) is 17.1 Å². The maximum Gasteiger partial charge on any atom is 0.332 e. The van der Waals surface area contributed by atoms with Crippen LogP contribution in [0.25, 0.3) is 11.2 Å². The van der Waals surface area contributed by atoms with Crippen molar-refractivity contribution < 1.29 is 4.90 Å². The van der Waals surface area contributed by atoms with E-state index >= 15 is 0 Å². The number of piperidine rings is 1. The lowest BCUT2D eigenvalue weighted by Gasteiger charge is -2.27. The van der Waals surface area contributed by atoms with E-state index in [-0.39, 0.29) is 11.2 Å². The lowest BCUT2D eigenvalue weighted by molar-refractivity contribution is -0.922. The summed E-state index contributed by atoms with van der Waals surface area (Å²) in [4.78, 5) is 31.7. The van der Waals surface area contributed by atoms with Gasteiger partial charge in [-0.2, -0.15) is 0 Å². The van der Waals surface area contributed by atoms with Crippen molar-refractivity contribution in [3.63, 3.8) is 0 Å². The first-order valence-corrected chi connectivity index (χ1v) is 11.0. The number of nitrogens with zero attached hydrogens (tertiary/aromatic N) is 4. The van der Waals surface area contributed by atoms with Crippen LogP contribution in [-0.2, 0) is 33.6 Å². The third kappa shape index (κ3) is 3.99. The minimum atomic E-state index is -0.327. The Bertz CT molecular complexity index is 1140. The van der Waals surface area contributed by atoms with E-state index in [9.17, 15) is 9.59 Å². The Morgan fingerprint density at radius 1 is 1.13 bits per heavy atom. The molecule has 3 heterocycles. The van der Waals surface area contributed by atoms with Crippen LogP contribution in [0.4, 0.5) is 0 Å². The summed E-state index contributed by atoms with van der Waals surface area (Å²) >= 11 is 0. The van der Waals surface area contributed by atoms with Crippen molar-refractivity contribution in [1.29, 1.82) is 0 Å². The fraction of sp³-hybridized carbons (Fsp3) is 0.522. The molecule has 30 heavy (non-hydrogen) atoms. The van der Waals surface area contributed by atoms with E-state index in [1.165, 1.54) is 32.4 Å². The highest BCUT2D eigenvalue weighted by Gasteiger charge is 2.25. The van der Waals surface area contributed by atoms with Crippen molar-refractivity contribution in [2.45, 2.75) is 45.7 Å². The number of fused-ring (bicyclic) bond motifs is 1. The first-order valence-electron chi connectivity index (χ1n) is 11.0. The first-order chi connectivity index (χ1) is 14.5. The monoisotopic (exact) mass is 410 g/mol. The molecule has 1 aliphatic rings. The Balaban J connectivity index is 1.70. The Kier molecular flexibility index (Phi) is 5.90. The number of nitrogens with one attached hydrogen (secondary N) is 1. The van der Waals surface area contributed by atoms with E-state index < -0.39 is 0 Å². The summed E-state index contributed by atoms with van der Waals surface area (Å²) in [5.74, 6) is 1.63. The third-order valence-corrected chi connectivity index (χ3v) is 6.39. The Morgan fingerprint density at radius 3 is 2.63 bits per heavy atom. The van der Waals surface area contributed by atoms with Crippen LogP contribution in [0, 0.1) is 5.92 Å². The van der Waals surface area contributed by atoms with Crippen LogP contribution < -0.4 is 16.1 Å². The summed E-state index contributed by atoms with van der Waals surface area (Å²) < 4.78 is 4.77. The van der Waals surface area contributed by atoms with Gasteiger partial charge in [-0.3, -0.25) is 13.9 Å². The summed E-state index contributed by atoms with van der Waals surface area (Å²) in [6, 6.07) is 10.4. The maximum absolute atomic E-state index is 13.0. The number of rotatable bonds is 6. The second kappa shape index (κ2) is 8.60. The Morgan fingerprint density at radius 2 is 1.90 bits per heavy atom. The molecular formula is C23H32N5O2+. The molecule has 7 heteroatoms. The standard InChI is InChI=1S/C23H31N5O2/c1-17-9-7-13-27(15-17)16-19-24-21-20(22(29)26(3)23(30)25(21)2)28(19)14-8-12-18-10-5-4-6-11-18/h4-6,10-11,17H,7-9,12-16H2,1-3H3/p+1/t17-/m0/s1. The number of hydrogen-bond donors (Lipinski definition) is 1. The normalized spacial score (nSPS) is 19.4. The molecule has 0 radical (unpaired) electrons. The van der Waals surface area contributed by atoms with Crippen LogP contribution in [0.5, 0.6) is 0 Å². The minimum absolute atomic E-state index is 0.256. The van der Waals surface area contributed by atoms with Gasteiger partial charge in [-0.1, -0.05) is 37.3 Å². The van der Waals surface area contributed by atoms with E-state index in [1.54, 1.807) is 14.1 Å². The van der Waals surface area contributed by atoms with Gasteiger partial charge in [-0.15, -0.1) is 0 Å². The van der Waals surface area contributed by atoms with Crippen LogP contribution in [-0.4, -0.2) is 31.8 Å². The molecule has 7 nitrogen and oxygen atoms in total. The fourth-order valence-corrected chi connectivity index (χ4v) is 4.73. The molecule has 0 bridgehead atoms. The van der Waals surface area contributed by atoms with Gasteiger partial charge < -0.3 is 9.47 Å². The second-order valence-electron chi connectivity index (χ2n) is 8.78. The Labute approximate surface area is 176 Å². The van der Waals surface area contributed by atoms with E-state index in [2.05, 4.69) is 35.8 Å². The van der Waals surface area contributed by atoms with Crippen molar-refractivity contribution in [3.05, 3.63) is 62.6 Å². The molecule has 4 rings (SSSR count). The Hall–Kier alpha value is -2.67. The molecule has 1 aliphatic heterocycles. The molecule has 2 atom stereocenters. The van der Waals surface area contributed by atoms with E-state index in [4.69, 9.17) is 4.98 Å². The summed E-state index contributed by atoms with van der Waals surface area (Å²) in [7, 11) is 3.24. The van der Waals surface area contributed by atoms with Gasteiger partial charge in [-0.25, -0.2) is 9.78 Å². The smallest absolute Gasteiger partial charge is 0.328 e. The van der Waals surface area contributed by atoms with Crippen molar-refractivity contribution in [3.8, 4) is 0 Å². The van der Waals surface area contributed by atoms with Crippen molar-refractivity contribution in [2.24, 2.45) is 20.0 Å². The zero-order valence-corrected chi connectivity index (χ0v) is 18.2. The average Bonchev–Trinajstić information content (AvgIpc) is 3.10. The van der Waals surface area contributed by atoms with Crippen LogP contribution in [0.2, 0.25) is 0 Å². The number of quaternary nitrogens is 1. The molecule has 1 N–H and O–H groups in total. The topological polar surface area (TPSA) is 66.3 Å². The number of aryl methyl sites for hydroxylation is 3. The number of likely N-dealkylation sites (tertiary alicyclic amines) is 1. The zero-order chi connectivity index (χ0) is 21.3. The predicted octanol–water partition coefficient (Wildman–Crippen LogP) is 0.881. The molecule has 1 unspecified atom stereocenters. The highest BCUT2D eigenvalue weighted by atomic mass is 16.2. The van der Waals surface area contributed by atoms with Crippen LogP contribution in [0.15, 0.2) is 39.9 Å². The van der Waals surface area contributed by atoms with E-state index in [1.807, 2.05) is 6.07 Å². The molecule has 1 fully saturated rings. The van der Waals surface area contributed by atoms with Crippen LogP contribution >= 0.6 is 0 Å². The quantitative estimate of drug-likeness (QED) is 0.656. The lowest BCUT2D eigenvalue weighted by atomic mass is 10.0. The summed E-state index contributed by atoms with van der Waals surface area (Å²) in [6.45, 7) is 6.08. The second-order valence-corrected chi connectivity index (χ2v) is 8.78. The molecule has 0 aliphatic carbocycles. The van der Waals surface area contributed by atoms with Gasteiger partial charge in [0.25, 0.3) is 5.56 Å². The maximum atomic E-state index is 13.0. The van der Waals surface area contributed by atoms with Gasteiger partial charge in [0, 0.05) is 26.6 Å². The van der Waals surface area contributed by atoms with Crippen molar-refractivity contribution in [1.82, 2.24) is 18.7 Å². The fourth-order valence-electron chi connectivity index (χ4n) is 4.73. The lowest BCUT2D eigenvalue weighted by Crippen LogP contribution is -3.12. The molecule has 0 saturated carbocycles. The van der Waals surface area contributed by atoms with Crippen molar-refractivity contribution >= 4 is 11.2 Å².